The van der Waals surface area contributed by atoms with Crippen LogP contribution in [-0.4, -0.2) is 30.9 Å². The van der Waals surface area contributed by atoms with E-state index >= 15 is 0 Å². The Balaban J connectivity index is 1.53. The van der Waals surface area contributed by atoms with Gasteiger partial charge in [0.05, 0.1) is 0 Å². The smallest absolute Gasteiger partial charge is 0.123 e. The van der Waals surface area contributed by atoms with Crippen LogP contribution in [0, 0.1) is 5.82 Å². The largest absolute Gasteiger partial charge is 0.325 e. The molecule has 0 spiro atoms. The molecule has 3 nitrogen and oxygen atoms in total. The van der Waals surface area contributed by atoms with Crippen LogP contribution in [0.25, 0.3) is 0 Å². The third kappa shape index (κ3) is 3.10. The van der Waals surface area contributed by atoms with E-state index in [1.807, 2.05) is 18.3 Å². The molecular weight excluding hydrogens is 301 g/mol. The van der Waals surface area contributed by atoms with Gasteiger partial charge in [-0.3, -0.25) is 9.89 Å². The lowest BCUT2D eigenvalue weighted by molar-refractivity contribution is 0.279. The molecule has 0 amide bonds. The van der Waals surface area contributed by atoms with Gasteiger partial charge in [0, 0.05) is 49.2 Å². The Labute approximate surface area is 141 Å². The summed E-state index contributed by atoms with van der Waals surface area (Å²) >= 11 is 0. The number of hydrogen-bond acceptors (Lipinski definition) is 3. The van der Waals surface area contributed by atoms with Crippen molar-refractivity contribution in [2.75, 3.05) is 24.7 Å². The van der Waals surface area contributed by atoms with Crippen molar-refractivity contribution in [1.82, 2.24) is 4.90 Å². The lowest BCUT2D eigenvalue weighted by atomic mass is 10.0. The third-order valence-corrected chi connectivity index (χ3v) is 4.61. The van der Waals surface area contributed by atoms with Gasteiger partial charge < -0.3 is 4.90 Å². The maximum absolute atomic E-state index is 13.2. The summed E-state index contributed by atoms with van der Waals surface area (Å²) in [6.07, 6.45) is 3.00. The maximum atomic E-state index is 13.2. The fourth-order valence-electron chi connectivity index (χ4n) is 3.41. The van der Waals surface area contributed by atoms with Crippen molar-refractivity contribution >= 4 is 11.9 Å². The van der Waals surface area contributed by atoms with Crippen molar-refractivity contribution < 1.29 is 4.39 Å². The van der Waals surface area contributed by atoms with Crippen molar-refractivity contribution in [1.29, 1.82) is 0 Å². The highest BCUT2D eigenvalue weighted by Gasteiger charge is 2.25. The van der Waals surface area contributed by atoms with Crippen LogP contribution in [0.15, 0.2) is 70.9 Å². The summed E-state index contributed by atoms with van der Waals surface area (Å²) in [6.45, 7) is 3.51. The van der Waals surface area contributed by atoms with Crippen LogP contribution >= 0.6 is 0 Å². The normalized spacial score (nSPS) is 18.0. The van der Waals surface area contributed by atoms with Crippen molar-refractivity contribution in [3.05, 3.63) is 77.2 Å². The van der Waals surface area contributed by atoms with Gasteiger partial charge in [-0.15, -0.1) is 0 Å². The number of hydrogen-bond donors (Lipinski definition) is 0. The van der Waals surface area contributed by atoms with Gasteiger partial charge in [-0.05, 0) is 29.8 Å². The molecule has 4 rings (SSSR count). The Morgan fingerprint density at radius 1 is 1.00 bits per heavy atom. The van der Waals surface area contributed by atoms with E-state index < -0.39 is 0 Å². The fourth-order valence-corrected chi connectivity index (χ4v) is 3.41. The predicted octanol–water partition coefficient (Wildman–Crippen LogP) is 3.83. The van der Waals surface area contributed by atoms with Crippen LogP contribution in [0.4, 0.5) is 10.1 Å². The first-order valence-electron chi connectivity index (χ1n) is 8.31. The van der Waals surface area contributed by atoms with E-state index in [0.29, 0.717) is 6.67 Å². The van der Waals surface area contributed by atoms with Crippen molar-refractivity contribution in [2.24, 2.45) is 4.99 Å². The summed E-state index contributed by atoms with van der Waals surface area (Å²) in [5, 5.41) is 0. The zero-order chi connectivity index (χ0) is 16.4. The first-order chi connectivity index (χ1) is 11.8. The highest BCUT2D eigenvalue weighted by atomic mass is 19.1. The Bertz CT molecular complexity index is 765. The molecule has 0 radical (unpaired) electrons. The van der Waals surface area contributed by atoms with E-state index in [1.54, 1.807) is 0 Å². The number of aliphatic imine (C=N–C) groups is 1. The zero-order valence-electron chi connectivity index (χ0n) is 13.5. The standard InChI is InChI=1S/C20H20FN3/c21-18-6-8-19(9-7-18)24-15-22-12-17-14-23(11-10-20(17)24)13-16-4-2-1-3-5-16/h1-9,12H,10-11,13-15H2. The molecule has 0 aliphatic carbocycles. The lowest BCUT2D eigenvalue weighted by Gasteiger charge is -2.37. The first-order valence-corrected chi connectivity index (χ1v) is 8.31. The fraction of sp³-hybridized carbons (Fsp3) is 0.250. The second-order valence-electron chi connectivity index (χ2n) is 6.28. The van der Waals surface area contributed by atoms with Crippen LogP contribution in [0.2, 0.25) is 0 Å². The average molecular weight is 321 g/mol. The molecule has 122 valence electrons. The molecule has 4 heteroatoms. The van der Waals surface area contributed by atoms with E-state index in [9.17, 15) is 4.39 Å². The Kier molecular flexibility index (Phi) is 4.13. The molecule has 0 saturated heterocycles. The van der Waals surface area contributed by atoms with Gasteiger partial charge in [0.25, 0.3) is 0 Å². The van der Waals surface area contributed by atoms with Gasteiger partial charge in [0.1, 0.15) is 12.5 Å². The van der Waals surface area contributed by atoms with Crippen molar-refractivity contribution in [3.8, 4) is 0 Å². The minimum atomic E-state index is -0.203. The quantitative estimate of drug-likeness (QED) is 0.855. The monoisotopic (exact) mass is 321 g/mol. The second-order valence-corrected chi connectivity index (χ2v) is 6.28. The van der Waals surface area contributed by atoms with Gasteiger partial charge in [0.2, 0.25) is 0 Å². The van der Waals surface area contributed by atoms with Gasteiger partial charge in [-0.25, -0.2) is 4.39 Å². The molecule has 0 atom stereocenters. The van der Waals surface area contributed by atoms with E-state index in [4.69, 9.17) is 0 Å². The zero-order valence-corrected chi connectivity index (χ0v) is 13.5. The third-order valence-electron chi connectivity index (χ3n) is 4.61. The van der Waals surface area contributed by atoms with Crippen molar-refractivity contribution in [3.63, 3.8) is 0 Å². The van der Waals surface area contributed by atoms with Crippen LogP contribution < -0.4 is 4.90 Å². The van der Waals surface area contributed by atoms with E-state index in [-0.39, 0.29) is 5.82 Å². The van der Waals surface area contributed by atoms with Crippen molar-refractivity contribution in [2.45, 2.75) is 13.0 Å². The van der Waals surface area contributed by atoms with Gasteiger partial charge in [-0.2, -0.15) is 0 Å². The molecule has 0 fully saturated rings. The molecule has 2 aliphatic rings. The summed E-state index contributed by atoms with van der Waals surface area (Å²) in [5.74, 6) is -0.203. The Morgan fingerprint density at radius 2 is 1.79 bits per heavy atom. The molecule has 2 aromatic carbocycles. The average Bonchev–Trinajstić information content (AvgIpc) is 2.63. The molecule has 2 heterocycles. The SMILES string of the molecule is Fc1ccc(N2CN=CC3=C2CCN(Cc2ccccc2)C3)cc1. The molecule has 0 saturated carbocycles. The van der Waals surface area contributed by atoms with Gasteiger partial charge >= 0.3 is 0 Å². The number of anilines is 1. The van der Waals surface area contributed by atoms with Crippen LogP contribution in [-0.2, 0) is 6.54 Å². The molecule has 0 unspecified atom stereocenters. The summed E-state index contributed by atoms with van der Waals surface area (Å²) in [4.78, 5) is 9.16. The maximum Gasteiger partial charge on any atom is 0.123 e. The van der Waals surface area contributed by atoms with Gasteiger partial charge in [-0.1, -0.05) is 30.3 Å². The number of benzene rings is 2. The van der Waals surface area contributed by atoms with Crippen LogP contribution in [0.3, 0.4) is 0 Å². The van der Waals surface area contributed by atoms with Crippen LogP contribution in [0.1, 0.15) is 12.0 Å². The summed E-state index contributed by atoms with van der Waals surface area (Å²) in [7, 11) is 0. The second kappa shape index (κ2) is 6.57. The van der Waals surface area contributed by atoms with Crippen LogP contribution in [0.5, 0.6) is 0 Å². The molecular formula is C20H20FN3. The topological polar surface area (TPSA) is 18.8 Å². The highest BCUT2D eigenvalue weighted by Crippen LogP contribution is 2.29. The Hall–Kier alpha value is -2.46. The molecule has 0 bridgehead atoms. The molecule has 2 aliphatic heterocycles. The van der Waals surface area contributed by atoms with E-state index in [0.717, 1.165) is 31.7 Å². The summed E-state index contributed by atoms with van der Waals surface area (Å²) in [6, 6.07) is 17.2. The first kappa shape index (κ1) is 15.1. The number of nitrogens with zero attached hydrogens (tertiary/aromatic N) is 3. The minimum absolute atomic E-state index is 0.203. The summed E-state index contributed by atoms with van der Waals surface area (Å²) in [5.41, 5.74) is 4.94. The highest BCUT2D eigenvalue weighted by molar-refractivity contribution is 5.83. The minimum Gasteiger partial charge on any atom is -0.325 e. The molecule has 0 N–H and O–H groups in total. The lowest BCUT2D eigenvalue weighted by Crippen LogP contribution is -2.39. The predicted molar refractivity (Wildman–Crippen MR) is 95.6 cm³/mol. The van der Waals surface area contributed by atoms with E-state index in [2.05, 4.69) is 45.1 Å². The number of rotatable bonds is 3. The molecule has 0 aromatic heterocycles. The van der Waals surface area contributed by atoms with Gasteiger partial charge in [0.15, 0.2) is 0 Å². The Morgan fingerprint density at radius 3 is 2.58 bits per heavy atom. The van der Waals surface area contributed by atoms with E-state index in [1.165, 1.54) is 29.0 Å². The number of halogens is 1. The molecule has 24 heavy (non-hydrogen) atoms. The molecule has 2 aromatic rings. The summed E-state index contributed by atoms with van der Waals surface area (Å²) < 4.78 is 13.2.